The highest BCUT2D eigenvalue weighted by atomic mass is 35.5. The first kappa shape index (κ1) is 26.8. The van der Waals surface area contributed by atoms with Crippen molar-refractivity contribution in [1.82, 2.24) is 0 Å². The maximum atomic E-state index is 14.3. The molecule has 35 heavy (non-hydrogen) atoms. The van der Waals surface area contributed by atoms with Crippen molar-refractivity contribution in [2.45, 2.75) is 51.5 Å². The van der Waals surface area contributed by atoms with E-state index in [0.717, 1.165) is 17.0 Å². The molecule has 1 unspecified atom stereocenters. The fourth-order valence-electron chi connectivity index (χ4n) is 3.50. The van der Waals surface area contributed by atoms with Gasteiger partial charge in [0.15, 0.2) is 0 Å². The molecule has 3 rings (SSSR count). The van der Waals surface area contributed by atoms with E-state index in [2.05, 4.69) is 5.16 Å². The molecule has 0 fully saturated rings. The van der Waals surface area contributed by atoms with Gasteiger partial charge in [-0.15, -0.1) is 0 Å². The Balaban J connectivity index is 1.98. The molecule has 11 heteroatoms. The third-order valence-electron chi connectivity index (χ3n) is 5.00. The van der Waals surface area contributed by atoms with Crippen LogP contribution in [-0.2, 0) is 20.0 Å². The van der Waals surface area contributed by atoms with E-state index in [9.17, 15) is 22.8 Å². The second-order valence-corrected chi connectivity index (χ2v) is 9.98. The van der Waals surface area contributed by atoms with Crippen LogP contribution in [0.1, 0.15) is 45.2 Å². The number of hydrogen-bond donors (Lipinski definition) is 0. The summed E-state index contributed by atoms with van der Waals surface area (Å²) in [6.45, 7) is 6.06. The van der Waals surface area contributed by atoms with Gasteiger partial charge in [0.2, 0.25) is 0 Å². The molecule has 1 aliphatic heterocycles. The van der Waals surface area contributed by atoms with Crippen LogP contribution in [0, 0.1) is 0 Å². The average molecular weight is 531 g/mol. The Labute approximate surface area is 210 Å². The van der Waals surface area contributed by atoms with E-state index in [0.29, 0.717) is 0 Å². The van der Waals surface area contributed by atoms with Crippen molar-refractivity contribution in [2.75, 3.05) is 11.4 Å². The first-order valence-electron chi connectivity index (χ1n) is 10.5. The van der Waals surface area contributed by atoms with Gasteiger partial charge < -0.3 is 9.57 Å². The molecule has 2 aromatic carbocycles. The number of carbonyl (C=O) groups is 2. The molecule has 0 spiro atoms. The van der Waals surface area contributed by atoms with Gasteiger partial charge in [-0.1, -0.05) is 40.5 Å². The van der Waals surface area contributed by atoms with Gasteiger partial charge in [-0.25, -0.2) is 4.79 Å². The summed E-state index contributed by atoms with van der Waals surface area (Å²) in [5.41, 5.74) is -3.38. The quantitative estimate of drug-likeness (QED) is 0.421. The standard InChI is InChI=1S/C24H23Cl2F3N2O4/c1-14(32)13-31(21(33)34-22(2,3)4)19-7-5-6-15(8-19)20-12-23(35-30-20,24(27,28)29)16-9-17(25)11-18(26)10-16/h5-11H,12-13H2,1-4H3. The molecule has 188 valence electrons. The number of nitrogens with zero attached hydrogens (tertiary/aromatic N) is 2. The first-order chi connectivity index (χ1) is 16.1. The van der Waals surface area contributed by atoms with Gasteiger partial charge in [0.25, 0.3) is 5.60 Å². The van der Waals surface area contributed by atoms with Crippen LogP contribution in [0.4, 0.5) is 23.7 Å². The van der Waals surface area contributed by atoms with Gasteiger partial charge >= 0.3 is 12.3 Å². The minimum absolute atomic E-state index is 0.00719. The van der Waals surface area contributed by atoms with E-state index < -0.39 is 29.9 Å². The summed E-state index contributed by atoms with van der Waals surface area (Å²) in [6.07, 6.45) is -6.27. The SMILES string of the molecule is CC(=O)CN(C(=O)OC(C)(C)C)c1cccc(C2=NOC(c3cc(Cl)cc(Cl)c3)(C(F)(F)F)C2)c1. The van der Waals surface area contributed by atoms with Gasteiger partial charge in [-0.05, 0) is 58.0 Å². The van der Waals surface area contributed by atoms with Crippen LogP contribution in [0.3, 0.4) is 0 Å². The lowest BCUT2D eigenvalue weighted by Gasteiger charge is -2.29. The Hall–Kier alpha value is -2.78. The third kappa shape index (κ3) is 6.08. The van der Waals surface area contributed by atoms with Crippen molar-refractivity contribution in [1.29, 1.82) is 0 Å². The van der Waals surface area contributed by atoms with Crippen LogP contribution in [-0.4, -0.2) is 35.9 Å². The number of hydrogen-bond acceptors (Lipinski definition) is 5. The number of ketones is 1. The Morgan fingerprint density at radius 1 is 1.11 bits per heavy atom. The molecular weight excluding hydrogens is 508 g/mol. The number of amides is 1. The number of alkyl halides is 3. The van der Waals surface area contributed by atoms with Crippen LogP contribution in [0.15, 0.2) is 47.6 Å². The zero-order chi connectivity index (χ0) is 26.2. The highest BCUT2D eigenvalue weighted by molar-refractivity contribution is 6.34. The maximum Gasteiger partial charge on any atom is 0.435 e. The molecule has 2 aromatic rings. The molecule has 0 aromatic heterocycles. The lowest BCUT2D eigenvalue weighted by molar-refractivity contribution is -0.275. The number of rotatable bonds is 5. The van der Waals surface area contributed by atoms with Crippen LogP contribution in [0.2, 0.25) is 10.0 Å². The minimum Gasteiger partial charge on any atom is -0.443 e. The largest absolute Gasteiger partial charge is 0.443 e. The molecule has 1 aliphatic rings. The van der Waals surface area contributed by atoms with Crippen molar-refractivity contribution < 1.29 is 32.3 Å². The van der Waals surface area contributed by atoms with Gasteiger partial charge in [-0.3, -0.25) is 9.69 Å². The molecule has 1 heterocycles. The molecule has 0 aliphatic carbocycles. The van der Waals surface area contributed by atoms with E-state index in [1.165, 1.54) is 31.2 Å². The molecule has 0 saturated carbocycles. The van der Waals surface area contributed by atoms with Gasteiger partial charge in [-0.2, -0.15) is 13.2 Å². The average Bonchev–Trinajstić information content (AvgIpc) is 3.17. The van der Waals surface area contributed by atoms with Crippen molar-refractivity contribution in [3.63, 3.8) is 0 Å². The van der Waals surface area contributed by atoms with E-state index in [1.807, 2.05) is 0 Å². The first-order valence-corrected chi connectivity index (χ1v) is 11.3. The molecule has 1 atom stereocenters. The monoisotopic (exact) mass is 530 g/mol. The Kier molecular flexibility index (Phi) is 7.43. The highest BCUT2D eigenvalue weighted by Crippen LogP contribution is 2.49. The van der Waals surface area contributed by atoms with E-state index in [1.54, 1.807) is 26.8 Å². The predicted octanol–water partition coefficient (Wildman–Crippen LogP) is 6.91. The van der Waals surface area contributed by atoms with Crippen LogP contribution >= 0.6 is 23.2 Å². The normalized spacial score (nSPS) is 18.0. The zero-order valence-electron chi connectivity index (χ0n) is 19.4. The summed E-state index contributed by atoms with van der Waals surface area (Å²) in [5.74, 6) is -0.309. The number of Topliss-reactive ketones (excluding diaryl/α,β-unsaturated/α-hetero) is 1. The smallest absolute Gasteiger partial charge is 0.435 e. The Morgan fingerprint density at radius 3 is 2.29 bits per heavy atom. The fraction of sp³-hybridized carbons (Fsp3) is 0.375. The number of carbonyl (C=O) groups excluding carboxylic acids is 2. The lowest BCUT2D eigenvalue weighted by atomic mass is 9.86. The minimum atomic E-state index is -4.85. The molecule has 1 amide bonds. The summed E-state index contributed by atoms with van der Waals surface area (Å²) < 4.78 is 48.2. The van der Waals surface area contributed by atoms with Gasteiger partial charge in [0, 0.05) is 33.3 Å². The van der Waals surface area contributed by atoms with E-state index in [-0.39, 0.29) is 44.9 Å². The number of oxime groups is 1. The summed E-state index contributed by atoms with van der Waals surface area (Å²) in [7, 11) is 0. The summed E-state index contributed by atoms with van der Waals surface area (Å²) in [4.78, 5) is 30.7. The molecule has 0 bridgehead atoms. The summed E-state index contributed by atoms with van der Waals surface area (Å²) >= 11 is 11.9. The van der Waals surface area contributed by atoms with Crippen molar-refractivity contribution >= 4 is 46.5 Å². The number of benzene rings is 2. The highest BCUT2D eigenvalue weighted by Gasteiger charge is 2.62. The zero-order valence-corrected chi connectivity index (χ0v) is 20.9. The molecule has 0 saturated heterocycles. The van der Waals surface area contributed by atoms with Crippen LogP contribution < -0.4 is 4.90 Å². The van der Waals surface area contributed by atoms with Crippen molar-refractivity contribution in [3.05, 3.63) is 63.6 Å². The Bertz CT molecular complexity index is 1160. The van der Waals surface area contributed by atoms with Gasteiger partial charge in [0.05, 0.1) is 12.3 Å². The lowest BCUT2D eigenvalue weighted by Crippen LogP contribution is -2.42. The number of halogens is 5. The van der Waals surface area contributed by atoms with Crippen LogP contribution in [0.25, 0.3) is 0 Å². The second-order valence-electron chi connectivity index (χ2n) is 9.11. The molecule has 0 N–H and O–H groups in total. The Morgan fingerprint density at radius 2 is 1.74 bits per heavy atom. The molecule has 6 nitrogen and oxygen atoms in total. The summed E-state index contributed by atoms with van der Waals surface area (Å²) in [6, 6.07) is 9.64. The number of anilines is 1. The predicted molar refractivity (Wildman–Crippen MR) is 127 cm³/mol. The fourth-order valence-corrected chi connectivity index (χ4v) is 4.03. The topological polar surface area (TPSA) is 68.2 Å². The van der Waals surface area contributed by atoms with Crippen molar-refractivity contribution in [2.24, 2.45) is 5.16 Å². The van der Waals surface area contributed by atoms with E-state index in [4.69, 9.17) is 32.8 Å². The second kappa shape index (κ2) is 9.70. The summed E-state index contributed by atoms with van der Waals surface area (Å²) in [5, 5.41) is 3.78. The van der Waals surface area contributed by atoms with E-state index >= 15 is 0 Å². The number of ether oxygens (including phenoxy) is 1. The van der Waals surface area contributed by atoms with Gasteiger partial charge in [0.1, 0.15) is 11.4 Å². The molecule has 0 radical (unpaired) electrons. The third-order valence-corrected chi connectivity index (χ3v) is 5.44. The van der Waals surface area contributed by atoms with Crippen LogP contribution in [0.5, 0.6) is 0 Å². The van der Waals surface area contributed by atoms with Crippen molar-refractivity contribution in [3.8, 4) is 0 Å². The molecular formula is C24H23Cl2F3N2O4. The maximum absolute atomic E-state index is 14.3.